The van der Waals surface area contributed by atoms with Gasteiger partial charge in [0.2, 0.25) is 0 Å². The largest absolute Gasteiger partial charge is 0.365 e. The highest BCUT2D eigenvalue weighted by molar-refractivity contribution is 7.91. The smallest absolute Gasteiger partial charge is 0.270 e. The Morgan fingerprint density at radius 2 is 1.93 bits per heavy atom. The molecule has 2 aromatic heterocycles. The lowest BCUT2D eigenvalue weighted by Gasteiger charge is -2.13. The summed E-state index contributed by atoms with van der Waals surface area (Å²) < 4.78 is 26.1. The summed E-state index contributed by atoms with van der Waals surface area (Å²) in [6, 6.07) is 7.43. The number of carbonyl (C=O) groups excluding carboxylic acids is 2. The maximum absolute atomic E-state index is 13.0. The SMILES string of the molecule is NC(=O)c1c(C2CC2)nn2c(C(=O)NC3CS(=O)(=O)c4ccccc43)ccnc12. The fourth-order valence-electron chi connectivity index (χ4n) is 3.81. The Morgan fingerprint density at radius 1 is 1.17 bits per heavy atom. The van der Waals surface area contributed by atoms with Crippen LogP contribution in [0.1, 0.15) is 56.9 Å². The van der Waals surface area contributed by atoms with Crippen molar-refractivity contribution in [3.8, 4) is 0 Å². The highest BCUT2D eigenvalue weighted by atomic mass is 32.2. The summed E-state index contributed by atoms with van der Waals surface area (Å²) >= 11 is 0. The lowest BCUT2D eigenvalue weighted by atomic mass is 10.1. The van der Waals surface area contributed by atoms with Crippen molar-refractivity contribution in [3.05, 3.63) is 59.0 Å². The first-order valence-corrected chi connectivity index (χ1v) is 10.8. The minimum Gasteiger partial charge on any atom is -0.365 e. The lowest BCUT2D eigenvalue weighted by Crippen LogP contribution is -2.31. The number of nitrogens with two attached hydrogens (primary N) is 1. The van der Waals surface area contributed by atoms with Gasteiger partial charge in [-0.05, 0) is 30.5 Å². The summed E-state index contributed by atoms with van der Waals surface area (Å²) in [5, 5.41) is 7.22. The summed E-state index contributed by atoms with van der Waals surface area (Å²) in [5.74, 6) is -1.20. The topological polar surface area (TPSA) is 137 Å². The molecule has 148 valence electrons. The average Bonchev–Trinajstić information content (AvgIpc) is 3.40. The normalized spacial score (nSPS) is 19.8. The van der Waals surface area contributed by atoms with Crippen LogP contribution in [-0.4, -0.2) is 40.6 Å². The lowest BCUT2D eigenvalue weighted by molar-refractivity contribution is 0.0931. The number of nitrogens with zero attached hydrogens (tertiary/aromatic N) is 3. The molecule has 10 heteroatoms. The summed E-state index contributed by atoms with van der Waals surface area (Å²) in [6.07, 6.45) is 3.22. The Morgan fingerprint density at radius 3 is 2.66 bits per heavy atom. The monoisotopic (exact) mass is 411 g/mol. The van der Waals surface area contributed by atoms with Gasteiger partial charge in [-0.2, -0.15) is 5.10 Å². The summed E-state index contributed by atoms with van der Waals surface area (Å²) in [7, 11) is -3.45. The van der Waals surface area contributed by atoms with E-state index >= 15 is 0 Å². The van der Waals surface area contributed by atoms with Crippen LogP contribution in [0.3, 0.4) is 0 Å². The number of benzene rings is 1. The van der Waals surface area contributed by atoms with E-state index in [0.29, 0.717) is 11.3 Å². The second-order valence-corrected chi connectivity index (χ2v) is 9.31. The van der Waals surface area contributed by atoms with E-state index in [1.54, 1.807) is 18.2 Å². The van der Waals surface area contributed by atoms with Gasteiger partial charge >= 0.3 is 0 Å². The minimum atomic E-state index is -3.45. The number of sulfone groups is 1. The zero-order valence-electron chi connectivity index (χ0n) is 15.2. The first-order chi connectivity index (χ1) is 13.9. The Labute approximate surface area is 165 Å². The zero-order valence-corrected chi connectivity index (χ0v) is 16.0. The number of carbonyl (C=O) groups is 2. The van der Waals surface area contributed by atoms with Crippen molar-refractivity contribution < 1.29 is 18.0 Å². The zero-order chi connectivity index (χ0) is 20.3. The number of aromatic nitrogens is 3. The average molecular weight is 411 g/mol. The van der Waals surface area contributed by atoms with Gasteiger partial charge in [0.25, 0.3) is 11.8 Å². The van der Waals surface area contributed by atoms with E-state index in [9.17, 15) is 18.0 Å². The van der Waals surface area contributed by atoms with Gasteiger partial charge in [-0.1, -0.05) is 18.2 Å². The van der Waals surface area contributed by atoms with Crippen molar-refractivity contribution in [2.24, 2.45) is 5.73 Å². The number of amides is 2. The number of hydrogen-bond acceptors (Lipinski definition) is 6. The summed E-state index contributed by atoms with van der Waals surface area (Å²) in [4.78, 5) is 29.4. The number of hydrogen-bond donors (Lipinski definition) is 2. The van der Waals surface area contributed by atoms with Gasteiger partial charge in [-0.3, -0.25) is 9.59 Å². The van der Waals surface area contributed by atoms with Crippen LogP contribution < -0.4 is 11.1 Å². The number of nitrogens with one attached hydrogen (secondary N) is 1. The van der Waals surface area contributed by atoms with Crippen LogP contribution in [-0.2, 0) is 9.84 Å². The van der Waals surface area contributed by atoms with Gasteiger partial charge in [0.1, 0.15) is 11.3 Å². The van der Waals surface area contributed by atoms with Crippen LogP contribution in [0.4, 0.5) is 0 Å². The van der Waals surface area contributed by atoms with Crippen LogP contribution in [0.2, 0.25) is 0 Å². The summed E-state index contributed by atoms with van der Waals surface area (Å²) in [5.41, 5.74) is 7.26. The first-order valence-electron chi connectivity index (χ1n) is 9.17. The van der Waals surface area contributed by atoms with E-state index in [2.05, 4.69) is 15.4 Å². The molecule has 3 aromatic rings. The number of fused-ring (bicyclic) bond motifs is 2. The molecule has 3 heterocycles. The molecule has 9 nitrogen and oxygen atoms in total. The van der Waals surface area contributed by atoms with Gasteiger partial charge in [-0.25, -0.2) is 17.9 Å². The molecule has 1 atom stereocenters. The van der Waals surface area contributed by atoms with Crippen molar-refractivity contribution in [2.75, 3.05) is 5.75 Å². The molecule has 0 spiro atoms. The van der Waals surface area contributed by atoms with Gasteiger partial charge in [0.15, 0.2) is 15.5 Å². The standard InChI is InChI=1S/C19H17N5O4S/c20-17(25)15-16(10-5-6-10)23-24-13(7-8-21-18(15)24)19(26)22-12-9-29(27,28)14-4-2-1-3-11(12)14/h1-4,7-8,10,12H,5-6,9H2,(H2,20,25)(H,22,26). The van der Waals surface area contributed by atoms with Crippen LogP contribution in [0.15, 0.2) is 41.4 Å². The molecule has 1 unspecified atom stereocenters. The number of rotatable bonds is 4. The van der Waals surface area contributed by atoms with Crippen molar-refractivity contribution in [2.45, 2.75) is 29.7 Å². The molecule has 3 N–H and O–H groups in total. The van der Waals surface area contributed by atoms with Crippen LogP contribution in [0.5, 0.6) is 0 Å². The van der Waals surface area contributed by atoms with Crippen LogP contribution in [0, 0.1) is 0 Å². The van der Waals surface area contributed by atoms with E-state index in [4.69, 9.17) is 5.73 Å². The van der Waals surface area contributed by atoms with Crippen molar-refractivity contribution >= 4 is 27.3 Å². The molecular weight excluding hydrogens is 394 g/mol. The minimum absolute atomic E-state index is 0.141. The maximum Gasteiger partial charge on any atom is 0.270 e. The van der Waals surface area contributed by atoms with Crippen LogP contribution in [0.25, 0.3) is 5.65 Å². The highest BCUT2D eigenvalue weighted by Crippen LogP contribution is 2.41. The van der Waals surface area contributed by atoms with E-state index < -0.39 is 27.7 Å². The highest BCUT2D eigenvalue weighted by Gasteiger charge is 2.36. The van der Waals surface area contributed by atoms with Gasteiger partial charge in [-0.15, -0.1) is 0 Å². The van der Waals surface area contributed by atoms with Gasteiger partial charge in [0.05, 0.1) is 22.4 Å². The van der Waals surface area contributed by atoms with Gasteiger partial charge < -0.3 is 11.1 Å². The second kappa shape index (κ2) is 6.11. The molecule has 2 amide bonds. The van der Waals surface area contributed by atoms with Crippen molar-refractivity contribution in [1.82, 2.24) is 19.9 Å². The molecule has 0 bridgehead atoms. The van der Waals surface area contributed by atoms with Crippen LogP contribution >= 0.6 is 0 Å². The molecule has 1 saturated carbocycles. The van der Waals surface area contributed by atoms with E-state index in [-0.39, 0.29) is 33.5 Å². The molecule has 5 rings (SSSR count). The Hall–Kier alpha value is -3.27. The molecule has 29 heavy (non-hydrogen) atoms. The molecule has 0 radical (unpaired) electrons. The second-order valence-electron chi connectivity index (χ2n) is 7.31. The van der Waals surface area contributed by atoms with Crippen molar-refractivity contribution in [1.29, 1.82) is 0 Å². The Bertz CT molecular complexity index is 1290. The fraction of sp³-hybridized carbons (Fsp3) is 0.263. The molecule has 0 saturated heterocycles. The Kier molecular flexibility index (Phi) is 3.75. The fourth-order valence-corrected chi connectivity index (χ4v) is 5.55. The molecule has 1 fully saturated rings. The number of primary amides is 1. The molecule has 2 aliphatic rings. The van der Waals surface area contributed by atoms with E-state index in [1.165, 1.54) is 22.8 Å². The molecule has 1 aromatic carbocycles. The molecular formula is C19H17N5O4S. The maximum atomic E-state index is 13.0. The molecule has 1 aliphatic carbocycles. The van der Waals surface area contributed by atoms with Crippen molar-refractivity contribution in [3.63, 3.8) is 0 Å². The summed E-state index contributed by atoms with van der Waals surface area (Å²) in [6.45, 7) is 0. The van der Waals surface area contributed by atoms with E-state index in [0.717, 1.165) is 12.8 Å². The Balaban J connectivity index is 1.55. The van der Waals surface area contributed by atoms with E-state index in [1.807, 2.05) is 0 Å². The van der Waals surface area contributed by atoms with Gasteiger partial charge in [0, 0.05) is 12.1 Å². The predicted octanol–water partition coefficient (Wildman–Crippen LogP) is 0.964. The third-order valence-electron chi connectivity index (χ3n) is 5.31. The third-order valence-corrected chi connectivity index (χ3v) is 7.12. The molecule has 1 aliphatic heterocycles. The predicted molar refractivity (Wildman–Crippen MR) is 102 cm³/mol. The quantitative estimate of drug-likeness (QED) is 0.656. The first kappa shape index (κ1) is 17.8. The third kappa shape index (κ3) is 2.79.